The molecule has 1 aromatic rings. The van der Waals surface area contributed by atoms with E-state index in [0.717, 1.165) is 6.42 Å². The zero-order valence-corrected chi connectivity index (χ0v) is 10.4. The van der Waals surface area contributed by atoms with Crippen LogP contribution in [-0.4, -0.2) is 34.5 Å². The Morgan fingerprint density at radius 2 is 2.18 bits per heavy atom. The summed E-state index contributed by atoms with van der Waals surface area (Å²) in [6.07, 6.45) is 0.868. The lowest BCUT2D eigenvalue weighted by Gasteiger charge is -2.16. The molecule has 0 radical (unpaired) electrons. The number of aliphatic hydroxyl groups excluding tert-OH is 1. The van der Waals surface area contributed by atoms with Gasteiger partial charge in [-0.05, 0) is 30.3 Å². The normalized spacial score (nSPS) is 12.8. The molecule has 1 heterocycles. The van der Waals surface area contributed by atoms with Crippen LogP contribution in [0.5, 0.6) is 0 Å². The third-order valence-electron chi connectivity index (χ3n) is 2.48. The number of nitrogens with one attached hydrogen (secondary N) is 1. The van der Waals surface area contributed by atoms with Gasteiger partial charge in [0, 0.05) is 13.2 Å². The highest BCUT2D eigenvalue weighted by atomic mass is 16.6. The Bertz CT molecular complexity index is 363. The summed E-state index contributed by atoms with van der Waals surface area (Å²) in [5.41, 5.74) is 0.665. The molecule has 1 amide bonds. The second-order valence-electron chi connectivity index (χ2n) is 4.59. The highest BCUT2D eigenvalue weighted by Gasteiger charge is 2.17. The second kappa shape index (κ2) is 6.34. The Morgan fingerprint density at radius 3 is 2.65 bits per heavy atom. The van der Waals surface area contributed by atoms with Gasteiger partial charge in [0.15, 0.2) is 5.69 Å². The lowest BCUT2D eigenvalue weighted by molar-refractivity contribution is 0.0926. The number of carbonyl (C=O) groups excluding carboxylic acids is 1. The summed E-state index contributed by atoms with van der Waals surface area (Å²) in [5, 5.41) is 19.0. The number of aryl methyl sites for hydroxylation is 1. The highest BCUT2D eigenvalue weighted by Crippen LogP contribution is 2.10. The minimum absolute atomic E-state index is 0.0640. The van der Waals surface area contributed by atoms with Gasteiger partial charge < -0.3 is 10.4 Å². The summed E-state index contributed by atoms with van der Waals surface area (Å²) in [6, 6.07) is 0. The fourth-order valence-electron chi connectivity index (χ4n) is 1.65. The van der Waals surface area contributed by atoms with Crippen LogP contribution in [0.15, 0.2) is 4.63 Å². The number of amides is 1. The van der Waals surface area contributed by atoms with E-state index in [0.29, 0.717) is 18.2 Å². The maximum absolute atomic E-state index is 11.7. The van der Waals surface area contributed by atoms with E-state index < -0.39 is 0 Å². The number of aliphatic hydroxyl groups is 1. The lowest BCUT2D eigenvalue weighted by Crippen LogP contribution is -2.32. The number of hydrogen-bond acceptors (Lipinski definition) is 5. The predicted octanol–water partition coefficient (Wildman–Crippen LogP) is 0.762. The van der Waals surface area contributed by atoms with Crippen molar-refractivity contribution >= 4 is 5.91 Å². The van der Waals surface area contributed by atoms with Crippen molar-refractivity contribution in [1.82, 2.24) is 15.6 Å². The van der Waals surface area contributed by atoms with Gasteiger partial charge in [-0.25, -0.2) is 4.63 Å². The summed E-state index contributed by atoms with van der Waals surface area (Å²) < 4.78 is 4.45. The first-order valence-electron chi connectivity index (χ1n) is 5.72. The van der Waals surface area contributed by atoms with Crippen molar-refractivity contribution in [2.75, 3.05) is 13.2 Å². The van der Waals surface area contributed by atoms with Crippen LogP contribution >= 0.6 is 0 Å². The predicted molar refractivity (Wildman–Crippen MR) is 61.4 cm³/mol. The molecule has 6 nitrogen and oxygen atoms in total. The van der Waals surface area contributed by atoms with Gasteiger partial charge >= 0.3 is 0 Å². The summed E-state index contributed by atoms with van der Waals surface area (Å²) in [6.45, 7) is 6.31. The van der Waals surface area contributed by atoms with Crippen LogP contribution in [0.25, 0.3) is 0 Å². The Balaban J connectivity index is 2.44. The molecule has 0 bridgehead atoms. The van der Waals surface area contributed by atoms with E-state index in [1.165, 1.54) is 0 Å². The fraction of sp³-hybridized carbons (Fsp3) is 0.727. The van der Waals surface area contributed by atoms with Crippen molar-refractivity contribution in [3.05, 3.63) is 11.4 Å². The molecule has 1 aromatic heterocycles. The molecule has 0 saturated heterocycles. The first-order valence-corrected chi connectivity index (χ1v) is 5.72. The molecule has 0 aliphatic heterocycles. The molecular formula is C11H19N3O3. The zero-order chi connectivity index (χ0) is 12.8. The van der Waals surface area contributed by atoms with E-state index in [-0.39, 0.29) is 24.1 Å². The van der Waals surface area contributed by atoms with Crippen LogP contribution in [0.1, 0.15) is 36.5 Å². The van der Waals surface area contributed by atoms with E-state index in [1.807, 2.05) is 0 Å². The minimum Gasteiger partial charge on any atom is -0.396 e. The molecule has 0 spiro atoms. The van der Waals surface area contributed by atoms with Crippen molar-refractivity contribution in [3.63, 3.8) is 0 Å². The molecule has 0 saturated carbocycles. The Labute approximate surface area is 100 Å². The van der Waals surface area contributed by atoms with E-state index >= 15 is 0 Å². The van der Waals surface area contributed by atoms with Crippen LogP contribution in [0.3, 0.4) is 0 Å². The summed E-state index contributed by atoms with van der Waals surface area (Å²) in [4.78, 5) is 11.7. The van der Waals surface area contributed by atoms with Gasteiger partial charge in [0.1, 0.15) is 5.69 Å². The topological polar surface area (TPSA) is 88.2 Å². The van der Waals surface area contributed by atoms with Crippen molar-refractivity contribution in [2.45, 2.75) is 27.2 Å². The lowest BCUT2D eigenvalue weighted by atomic mass is 9.98. The van der Waals surface area contributed by atoms with Crippen molar-refractivity contribution in [1.29, 1.82) is 0 Å². The van der Waals surface area contributed by atoms with E-state index in [1.54, 1.807) is 6.92 Å². The Morgan fingerprint density at radius 1 is 1.47 bits per heavy atom. The van der Waals surface area contributed by atoms with Crippen LogP contribution in [0.4, 0.5) is 0 Å². The molecule has 17 heavy (non-hydrogen) atoms. The number of rotatable bonds is 6. The van der Waals surface area contributed by atoms with Crippen molar-refractivity contribution in [3.8, 4) is 0 Å². The highest BCUT2D eigenvalue weighted by molar-refractivity contribution is 5.92. The average molecular weight is 241 g/mol. The molecule has 0 aromatic carbocycles. The molecule has 0 aliphatic rings. The molecular weight excluding hydrogens is 222 g/mol. The van der Waals surface area contributed by atoms with Crippen molar-refractivity contribution in [2.24, 2.45) is 11.8 Å². The molecule has 6 heteroatoms. The molecule has 0 unspecified atom stereocenters. The van der Waals surface area contributed by atoms with Gasteiger partial charge in [-0.3, -0.25) is 4.79 Å². The van der Waals surface area contributed by atoms with Gasteiger partial charge in [0.05, 0.1) is 0 Å². The number of aromatic nitrogens is 2. The third kappa shape index (κ3) is 4.14. The second-order valence-corrected chi connectivity index (χ2v) is 4.59. The van der Waals surface area contributed by atoms with Gasteiger partial charge in [0.25, 0.3) is 5.91 Å². The molecule has 96 valence electrons. The van der Waals surface area contributed by atoms with E-state index in [2.05, 4.69) is 34.1 Å². The SMILES string of the molecule is Cc1nonc1C(=O)NC[C@@H](CO)CC(C)C. The number of carbonyl (C=O) groups is 1. The monoisotopic (exact) mass is 241 g/mol. The van der Waals surface area contributed by atoms with Gasteiger partial charge in [-0.1, -0.05) is 19.0 Å². The maximum Gasteiger partial charge on any atom is 0.275 e. The van der Waals surface area contributed by atoms with Gasteiger partial charge in [0.2, 0.25) is 0 Å². The van der Waals surface area contributed by atoms with Crippen molar-refractivity contribution < 1.29 is 14.5 Å². The van der Waals surface area contributed by atoms with E-state index in [4.69, 9.17) is 0 Å². The standard InChI is InChI=1S/C11H19N3O3/c1-7(2)4-9(6-15)5-12-11(16)10-8(3)13-17-14-10/h7,9,15H,4-6H2,1-3H3,(H,12,16)/t9-/m0/s1. The molecule has 1 atom stereocenters. The third-order valence-corrected chi connectivity index (χ3v) is 2.48. The quantitative estimate of drug-likeness (QED) is 0.767. The van der Waals surface area contributed by atoms with Gasteiger partial charge in [-0.2, -0.15) is 0 Å². The Hall–Kier alpha value is -1.43. The number of nitrogens with zero attached hydrogens (tertiary/aromatic N) is 2. The first-order chi connectivity index (χ1) is 8.04. The summed E-state index contributed by atoms with van der Waals surface area (Å²) in [5.74, 6) is 0.240. The summed E-state index contributed by atoms with van der Waals surface area (Å²) >= 11 is 0. The Kier molecular flexibility index (Phi) is 5.09. The van der Waals surface area contributed by atoms with Crippen LogP contribution < -0.4 is 5.32 Å². The average Bonchev–Trinajstić information content (AvgIpc) is 2.69. The summed E-state index contributed by atoms with van der Waals surface area (Å²) in [7, 11) is 0. The smallest absolute Gasteiger partial charge is 0.275 e. The fourth-order valence-corrected chi connectivity index (χ4v) is 1.65. The van der Waals surface area contributed by atoms with Crippen LogP contribution in [0, 0.1) is 18.8 Å². The molecule has 0 fully saturated rings. The molecule has 1 rings (SSSR count). The zero-order valence-electron chi connectivity index (χ0n) is 10.4. The first kappa shape index (κ1) is 13.6. The van der Waals surface area contributed by atoms with E-state index in [9.17, 15) is 9.90 Å². The largest absolute Gasteiger partial charge is 0.396 e. The molecule has 2 N–H and O–H groups in total. The van der Waals surface area contributed by atoms with Gasteiger partial charge in [-0.15, -0.1) is 0 Å². The minimum atomic E-state index is -0.314. The maximum atomic E-state index is 11.7. The van der Waals surface area contributed by atoms with Crippen LogP contribution in [-0.2, 0) is 0 Å². The van der Waals surface area contributed by atoms with Crippen LogP contribution in [0.2, 0.25) is 0 Å². The molecule has 0 aliphatic carbocycles. The number of hydrogen-bond donors (Lipinski definition) is 2.